The Labute approximate surface area is 172 Å². The van der Waals surface area contributed by atoms with E-state index in [1.165, 1.54) is 54.7 Å². The smallest absolute Gasteiger partial charge is 0.208 e. The third kappa shape index (κ3) is 3.28. The molecule has 0 aliphatic rings. The predicted octanol–water partition coefficient (Wildman–Crippen LogP) is 4.62. The van der Waals surface area contributed by atoms with E-state index < -0.39 is 15.7 Å². The molecule has 5 nitrogen and oxygen atoms in total. The molecule has 4 rings (SSSR count). The van der Waals surface area contributed by atoms with Gasteiger partial charge in [0, 0.05) is 17.1 Å². The standard InChI is InChI=1S/C23H12FN3O2S/c24-18-7-5-17(6-8-18)23-20-9-4-16(13-26)11-21(20)27-14-22(23)30(28,29)19-3-1-2-15(10-19)12-25/h1-11,14H. The fourth-order valence-electron chi connectivity index (χ4n) is 3.22. The van der Waals surface area contributed by atoms with Gasteiger partial charge in [0.05, 0.1) is 38.6 Å². The van der Waals surface area contributed by atoms with Gasteiger partial charge < -0.3 is 0 Å². The zero-order chi connectivity index (χ0) is 21.3. The monoisotopic (exact) mass is 413 g/mol. The highest BCUT2D eigenvalue weighted by atomic mass is 32.2. The van der Waals surface area contributed by atoms with E-state index in [-0.39, 0.29) is 15.4 Å². The number of sulfone groups is 1. The van der Waals surface area contributed by atoms with Gasteiger partial charge in [-0.1, -0.05) is 24.3 Å². The minimum Gasteiger partial charge on any atom is -0.255 e. The Morgan fingerprint density at radius 2 is 1.57 bits per heavy atom. The van der Waals surface area contributed by atoms with Gasteiger partial charge in [0.25, 0.3) is 0 Å². The van der Waals surface area contributed by atoms with Gasteiger partial charge >= 0.3 is 0 Å². The first-order valence-corrected chi connectivity index (χ1v) is 10.3. The van der Waals surface area contributed by atoms with Crippen LogP contribution in [0.25, 0.3) is 22.0 Å². The number of benzene rings is 3. The number of nitriles is 2. The molecule has 0 atom stereocenters. The molecule has 0 radical (unpaired) electrons. The quantitative estimate of drug-likeness (QED) is 0.488. The van der Waals surface area contributed by atoms with Crippen LogP contribution in [0.4, 0.5) is 4.39 Å². The Bertz CT molecular complexity index is 1480. The van der Waals surface area contributed by atoms with Crippen molar-refractivity contribution in [1.29, 1.82) is 10.5 Å². The van der Waals surface area contributed by atoms with Crippen molar-refractivity contribution >= 4 is 20.7 Å². The highest BCUT2D eigenvalue weighted by Gasteiger charge is 2.25. The molecule has 144 valence electrons. The summed E-state index contributed by atoms with van der Waals surface area (Å²) >= 11 is 0. The van der Waals surface area contributed by atoms with Crippen LogP contribution in [0.5, 0.6) is 0 Å². The SMILES string of the molecule is N#Cc1cccc(S(=O)(=O)c2cnc3cc(C#N)ccc3c2-c2ccc(F)cc2)c1. The first kappa shape index (κ1) is 19.3. The second kappa shape index (κ2) is 7.40. The van der Waals surface area contributed by atoms with Gasteiger partial charge in [-0.2, -0.15) is 10.5 Å². The summed E-state index contributed by atoms with van der Waals surface area (Å²) < 4.78 is 40.4. The van der Waals surface area contributed by atoms with Crippen LogP contribution >= 0.6 is 0 Å². The van der Waals surface area contributed by atoms with E-state index in [1.807, 2.05) is 12.1 Å². The van der Waals surface area contributed by atoms with Crippen molar-refractivity contribution < 1.29 is 12.8 Å². The number of aromatic nitrogens is 1. The summed E-state index contributed by atoms with van der Waals surface area (Å²) in [4.78, 5) is 4.15. The van der Waals surface area contributed by atoms with Crippen LogP contribution < -0.4 is 0 Å². The molecule has 7 heteroatoms. The van der Waals surface area contributed by atoms with Crippen molar-refractivity contribution in [3.05, 3.63) is 89.9 Å². The van der Waals surface area contributed by atoms with Crippen molar-refractivity contribution in [2.24, 2.45) is 0 Å². The molecule has 1 heterocycles. The number of fused-ring (bicyclic) bond motifs is 1. The molecular formula is C23H12FN3O2S. The van der Waals surface area contributed by atoms with E-state index in [1.54, 1.807) is 18.2 Å². The van der Waals surface area contributed by atoms with Crippen LogP contribution in [0.15, 0.2) is 82.7 Å². The summed E-state index contributed by atoms with van der Waals surface area (Å²) in [6.45, 7) is 0. The van der Waals surface area contributed by atoms with Gasteiger partial charge in [-0.05, 0) is 48.0 Å². The van der Waals surface area contributed by atoms with Gasteiger partial charge in [0.1, 0.15) is 5.82 Å². The highest BCUT2D eigenvalue weighted by Crippen LogP contribution is 2.36. The number of nitrogens with zero attached hydrogens (tertiary/aromatic N) is 3. The lowest BCUT2D eigenvalue weighted by atomic mass is 10.0. The summed E-state index contributed by atoms with van der Waals surface area (Å²) in [5, 5.41) is 18.8. The number of halogens is 1. The predicted molar refractivity (Wildman–Crippen MR) is 108 cm³/mol. The van der Waals surface area contributed by atoms with Crippen LogP contribution in [0.3, 0.4) is 0 Å². The zero-order valence-corrected chi connectivity index (χ0v) is 16.2. The van der Waals surface area contributed by atoms with Crippen LogP contribution in [-0.2, 0) is 9.84 Å². The average Bonchev–Trinajstić information content (AvgIpc) is 2.78. The summed E-state index contributed by atoms with van der Waals surface area (Å²) in [5.41, 5.74) is 1.89. The number of pyridine rings is 1. The summed E-state index contributed by atoms with van der Waals surface area (Å²) in [6.07, 6.45) is 1.23. The molecule has 0 bridgehead atoms. The van der Waals surface area contributed by atoms with Crippen LogP contribution in [0.1, 0.15) is 11.1 Å². The maximum absolute atomic E-state index is 13.5. The van der Waals surface area contributed by atoms with E-state index in [0.29, 0.717) is 27.6 Å². The lowest BCUT2D eigenvalue weighted by molar-refractivity contribution is 0.596. The highest BCUT2D eigenvalue weighted by molar-refractivity contribution is 7.91. The van der Waals surface area contributed by atoms with E-state index in [2.05, 4.69) is 4.98 Å². The molecule has 0 unspecified atom stereocenters. The lowest BCUT2D eigenvalue weighted by Crippen LogP contribution is -2.06. The molecule has 3 aromatic carbocycles. The molecule has 0 amide bonds. The molecule has 1 aromatic heterocycles. The molecule has 0 saturated carbocycles. The summed E-state index contributed by atoms with van der Waals surface area (Å²) in [7, 11) is -4.04. The zero-order valence-electron chi connectivity index (χ0n) is 15.4. The second-order valence-electron chi connectivity index (χ2n) is 6.49. The van der Waals surface area contributed by atoms with E-state index in [0.717, 1.165) is 0 Å². The molecular weight excluding hydrogens is 401 g/mol. The molecule has 0 aliphatic carbocycles. The molecule has 0 saturated heterocycles. The van der Waals surface area contributed by atoms with Gasteiger partial charge in [0.15, 0.2) is 0 Å². The Hall–Kier alpha value is -4.07. The molecule has 0 aliphatic heterocycles. The van der Waals surface area contributed by atoms with Crippen LogP contribution in [-0.4, -0.2) is 13.4 Å². The lowest BCUT2D eigenvalue weighted by Gasteiger charge is -2.14. The van der Waals surface area contributed by atoms with E-state index in [9.17, 15) is 12.8 Å². The first-order chi connectivity index (χ1) is 14.4. The molecule has 0 fully saturated rings. The third-order valence-electron chi connectivity index (χ3n) is 4.66. The second-order valence-corrected chi connectivity index (χ2v) is 8.41. The van der Waals surface area contributed by atoms with Crippen LogP contribution in [0, 0.1) is 28.5 Å². The Morgan fingerprint density at radius 3 is 2.27 bits per heavy atom. The number of rotatable bonds is 3. The van der Waals surface area contributed by atoms with Crippen molar-refractivity contribution in [3.63, 3.8) is 0 Å². The Kier molecular flexibility index (Phi) is 4.75. The largest absolute Gasteiger partial charge is 0.255 e. The third-order valence-corrected chi connectivity index (χ3v) is 6.42. The average molecular weight is 413 g/mol. The Balaban J connectivity index is 2.07. The van der Waals surface area contributed by atoms with Gasteiger partial charge in [-0.3, -0.25) is 4.98 Å². The normalized spacial score (nSPS) is 11.0. The van der Waals surface area contributed by atoms with E-state index in [4.69, 9.17) is 10.5 Å². The summed E-state index contributed by atoms with van der Waals surface area (Å²) in [5.74, 6) is -0.449. The van der Waals surface area contributed by atoms with E-state index >= 15 is 0 Å². The number of hydrogen-bond donors (Lipinski definition) is 0. The van der Waals surface area contributed by atoms with Crippen molar-refractivity contribution in [2.75, 3.05) is 0 Å². The van der Waals surface area contributed by atoms with Crippen molar-refractivity contribution in [1.82, 2.24) is 4.98 Å². The van der Waals surface area contributed by atoms with Crippen LogP contribution in [0.2, 0.25) is 0 Å². The first-order valence-electron chi connectivity index (χ1n) is 8.78. The van der Waals surface area contributed by atoms with Gasteiger partial charge in [0.2, 0.25) is 9.84 Å². The van der Waals surface area contributed by atoms with Gasteiger partial charge in [-0.25, -0.2) is 12.8 Å². The fourth-order valence-corrected chi connectivity index (χ4v) is 4.70. The Morgan fingerprint density at radius 1 is 0.867 bits per heavy atom. The van der Waals surface area contributed by atoms with Crippen molar-refractivity contribution in [3.8, 4) is 23.3 Å². The minimum absolute atomic E-state index is 0.0419. The maximum atomic E-state index is 13.5. The summed E-state index contributed by atoms with van der Waals surface area (Å²) in [6, 6.07) is 19.9. The molecule has 4 aromatic rings. The molecule has 0 N–H and O–H groups in total. The minimum atomic E-state index is -4.04. The number of hydrogen-bond acceptors (Lipinski definition) is 5. The maximum Gasteiger partial charge on any atom is 0.208 e. The molecule has 30 heavy (non-hydrogen) atoms. The topological polar surface area (TPSA) is 94.6 Å². The fraction of sp³-hybridized carbons (Fsp3) is 0. The van der Waals surface area contributed by atoms with Crippen molar-refractivity contribution in [2.45, 2.75) is 9.79 Å². The molecule has 0 spiro atoms. The van der Waals surface area contributed by atoms with Gasteiger partial charge in [-0.15, -0.1) is 0 Å².